The minimum atomic E-state index is -1.12. The van der Waals surface area contributed by atoms with Crippen molar-refractivity contribution in [2.24, 2.45) is 0 Å². The van der Waals surface area contributed by atoms with E-state index in [4.69, 9.17) is 0 Å². The van der Waals surface area contributed by atoms with Crippen molar-refractivity contribution in [2.45, 2.75) is 25.0 Å². The van der Waals surface area contributed by atoms with Crippen molar-refractivity contribution in [1.29, 1.82) is 0 Å². The van der Waals surface area contributed by atoms with Gasteiger partial charge in [-0.05, 0) is 25.0 Å². The van der Waals surface area contributed by atoms with E-state index in [2.05, 4.69) is 9.88 Å². The molecule has 0 amide bonds. The highest BCUT2D eigenvalue weighted by Gasteiger charge is 2.35. The molecular weight excluding hydrogens is 283 g/mol. The molecule has 0 unspecified atom stereocenters. The molecule has 1 fully saturated rings. The Hall–Kier alpha value is -1.98. The van der Waals surface area contributed by atoms with Crippen LogP contribution in [0.25, 0.3) is 0 Å². The van der Waals surface area contributed by atoms with E-state index < -0.39 is 5.60 Å². The van der Waals surface area contributed by atoms with E-state index in [0.29, 0.717) is 43.6 Å². The Morgan fingerprint density at radius 2 is 1.91 bits per heavy atom. The third-order valence-electron chi connectivity index (χ3n) is 4.35. The molecule has 22 heavy (non-hydrogen) atoms. The molecule has 1 aliphatic heterocycles. The lowest BCUT2D eigenvalue weighted by Gasteiger charge is -2.38. The summed E-state index contributed by atoms with van der Waals surface area (Å²) in [5.41, 5.74) is -0.131. The standard InChI is InChI=1S/C17H19FN2O2/c18-15-6-2-1-5-14(15)17(22)7-10-20(11-8-17)12-13-4-3-9-19-16(13)21/h1-6,9,22H,7-8,10-12H2,(H,19,21). The van der Waals surface area contributed by atoms with Crippen LogP contribution in [0.5, 0.6) is 0 Å². The molecule has 0 saturated carbocycles. The van der Waals surface area contributed by atoms with Gasteiger partial charge in [-0.15, -0.1) is 0 Å². The molecule has 1 saturated heterocycles. The summed E-state index contributed by atoms with van der Waals surface area (Å²) in [5, 5.41) is 10.7. The van der Waals surface area contributed by atoms with Crippen LogP contribution in [0.3, 0.4) is 0 Å². The summed E-state index contributed by atoms with van der Waals surface area (Å²) in [6.45, 7) is 1.79. The molecule has 5 heteroatoms. The zero-order valence-electron chi connectivity index (χ0n) is 12.3. The van der Waals surface area contributed by atoms with Gasteiger partial charge in [0.25, 0.3) is 5.56 Å². The molecule has 4 nitrogen and oxygen atoms in total. The normalized spacial score (nSPS) is 18.3. The molecule has 1 aromatic heterocycles. The van der Waals surface area contributed by atoms with E-state index in [1.54, 1.807) is 36.5 Å². The number of halogens is 1. The van der Waals surface area contributed by atoms with Crippen molar-refractivity contribution in [1.82, 2.24) is 9.88 Å². The van der Waals surface area contributed by atoms with Crippen LogP contribution >= 0.6 is 0 Å². The molecule has 1 aromatic carbocycles. The third-order valence-corrected chi connectivity index (χ3v) is 4.35. The summed E-state index contributed by atoms with van der Waals surface area (Å²) in [7, 11) is 0. The van der Waals surface area contributed by atoms with Crippen molar-refractivity contribution in [3.63, 3.8) is 0 Å². The van der Waals surface area contributed by atoms with E-state index in [0.717, 1.165) is 0 Å². The maximum atomic E-state index is 13.9. The van der Waals surface area contributed by atoms with Crippen molar-refractivity contribution in [2.75, 3.05) is 13.1 Å². The highest BCUT2D eigenvalue weighted by molar-refractivity contribution is 5.25. The second-order valence-corrected chi connectivity index (χ2v) is 5.81. The molecule has 2 heterocycles. The van der Waals surface area contributed by atoms with Crippen LogP contribution < -0.4 is 5.56 Å². The number of aromatic nitrogens is 1. The number of aliphatic hydroxyl groups is 1. The lowest BCUT2D eigenvalue weighted by atomic mass is 9.84. The van der Waals surface area contributed by atoms with Crippen molar-refractivity contribution < 1.29 is 9.50 Å². The highest BCUT2D eigenvalue weighted by Crippen LogP contribution is 2.34. The van der Waals surface area contributed by atoms with Crippen LogP contribution in [0.2, 0.25) is 0 Å². The average molecular weight is 302 g/mol. The zero-order valence-corrected chi connectivity index (χ0v) is 12.3. The Morgan fingerprint density at radius 1 is 1.18 bits per heavy atom. The minimum absolute atomic E-state index is 0.0857. The average Bonchev–Trinajstić information content (AvgIpc) is 2.52. The fraction of sp³-hybridized carbons (Fsp3) is 0.353. The number of nitrogens with one attached hydrogen (secondary N) is 1. The first-order valence-corrected chi connectivity index (χ1v) is 7.45. The maximum absolute atomic E-state index is 13.9. The van der Waals surface area contributed by atoms with Gasteiger partial charge in [0.1, 0.15) is 5.82 Å². The van der Waals surface area contributed by atoms with Crippen LogP contribution in [0, 0.1) is 5.82 Å². The molecule has 3 rings (SSSR count). The maximum Gasteiger partial charge on any atom is 0.252 e. The van der Waals surface area contributed by atoms with Gasteiger partial charge < -0.3 is 10.1 Å². The molecule has 0 radical (unpaired) electrons. The number of H-pyrrole nitrogens is 1. The Balaban J connectivity index is 1.69. The van der Waals surface area contributed by atoms with Crippen LogP contribution in [0.15, 0.2) is 47.4 Å². The van der Waals surface area contributed by atoms with Gasteiger partial charge in [0.2, 0.25) is 0 Å². The van der Waals surface area contributed by atoms with Crippen LogP contribution in [0.1, 0.15) is 24.0 Å². The molecule has 116 valence electrons. The Morgan fingerprint density at radius 3 is 2.59 bits per heavy atom. The molecule has 0 bridgehead atoms. The SMILES string of the molecule is O=c1[nH]cccc1CN1CCC(O)(c2ccccc2F)CC1. The number of hydrogen-bond acceptors (Lipinski definition) is 3. The number of likely N-dealkylation sites (tertiary alicyclic amines) is 1. The van der Waals surface area contributed by atoms with Gasteiger partial charge >= 0.3 is 0 Å². The number of pyridine rings is 1. The van der Waals surface area contributed by atoms with Gasteiger partial charge in [-0.3, -0.25) is 9.69 Å². The first-order chi connectivity index (χ1) is 10.6. The summed E-state index contributed by atoms with van der Waals surface area (Å²) in [5.74, 6) is -0.363. The van der Waals surface area contributed by atoms with Gasteiger partial charge in [0.15, 0.2) is 0 Å². The number of rotatable bonds is 3. The largest absolute Gasteiger partial charge is 0.385 e. The summed E-state index contributed by atoms with van der Waals surface area (Å²) >= 11 is 0. The number of nitrogens with zero attached hydrogens (tertiary/aromatic N) is 1. The summed E-state index contributed by atoms with van der Waals surface area (Å²) in [6.07, 6.45) is 2.52. The highest BCUT2D eigenvalue weighted by atomic mass is 19.1. The number of hydrogen-bond donors (Lipinski definition) is 2. The van der Waals surface area contributed by atoms with E-state index in [1.165, 1.54) is 6.07 Å². The van der Waals surface area contributed by atoms with Gasteiger partial charge in [0, 0.05) is 37.0 Å². The Bertz CT molecular complexity index is 706. The molecule has 2 N–H and O–H groups in total. The summed E-state index contributed by atoms with van der Waals surface area (Å²) in [6, 6.07) is 9.99. The third kappa shape index (κ3) is 2.96. The number of piperidine rings is 1. The predicted octanol–water partition coefficient (Wildman–Crippen LogP) is 2.00. The zero-order chi connectivity index (χ0) is 15.6. The van der Waals surface area contributed by atoms with Crippen molar-refractivity contribution >= 4 is 0 Å². The minimum Gasteiger partial charge on any atom is -0.385 e. The van der Waals surface area contributed by atoms with E-state index in [-0.39, 0.29) is 11.4 Å². The predicted molar refractivity (Wildman–Crippen MR) is 81.9 cm³/mol. The molecule has 0 aliphatic carbocycles. The summed E-state index contributed by atoms with van der Waals surface area (Å²) < 4.78 is 13.9. The number of aromatic amines is 1. The van der Waals surface area contributed by atoms with Gasteiger partial charge in [-0.25, -0.2) is 4.39 Å². The van der Waals surface area contributed by atoms with Gasteiger partial charge in [-0.1, -0.05) is 24.3 Å². The Kier molecular flexibility index (Phi) is 4.09. The molecular formula is C17H19FN2O2. The smallest absolute Gasteiger partial charge is 0.252 e. The second-order valence-electron chi connectivity index (χ2n) is 5.81. The lowest BCUT2D eigenvalue weighted by molar-refractivity contribution is -0.0303. The lowest BCUT2D eigenvalue weighted by Crippen LogP contribution is -2.43. The van der Waals surface area contributed by atoms with Crippen LogP contribution in [-0.2, 0) is 12.1 Å². The number of benzene rings is 1. The summed E-state index contributed by atoms with van der Waals surface area (Å²) in [4.78, 5) is 16.5. The van der Waals surface area contributed by atoms with Gasteiger partial charge in [-0.2, -0.15) is 0 Å². The second kappa shape index (κ2) is 6.02. The van der Waals surface area contributed by atoms with E-state index in [1.807, 2.05) is 0 Å². The van der Waals surface area contributed by atoms with Crippen molar-refractivity contribution in [3.05, 3.63) is 69.9 Å². The first kappa shape index (κ1) is 14.9. The Labute approximate surface area is 128 Å². The van der Waals surface area contributed by atoms with E-state index in [9.17, 15) is 14.3 Å². The van der Waals surface area contributed by atoms with Crippen LogP contribution in [-0.4, -0.2) is 28.1 Å². The molecule has 0 spiro atoms. The van der Waals surface area contributed by atoms with Crippen molar-refractivity contribution in [3.8, 4) is 0 Å². The fourth-order valence-corrected chi connectivity index (χ4v) is 3.01. The molecule has 2 aromatic rings. The van der Waals surface area contributed by atoms with E-state index >= 15 is 0 Å². The van der Waals surface area contributed by atoms with Crippen LogP contribution in [0.4, 0.5) is 4.39 Å². The first-order valence-electron chi connectivity index (χ1n) is 7.45. The molecule has 1 aliphatic rings. The van der Waals surface area contributed by atoms with Gasteiger partial charge in [0.05, 0.1) is 5.60 Å². The monoisotopic (exact) mass is 302 g/mol. The quantitative estimate of drug-likeness (QED) is 0.912. The topological polar surface area (TPSA) is 56.3 Å². The fourth-order valence-electron chi connectivity index (χ4n) is 3.01. The molecule has 0 atom stereocenters.